The van der Waals surface area contributed by atoms with E-state index in [1.54, 1.807) is 11.5 Å². The van der Waals surface area contributed by atoms with E-state index in [9.17, 15) is 4.79 Å². The highest BCUT2D eigenvalue weighted by atomic mass is 32.2. The van der Waals surface area contributed by atoms with Crippen LogP contribution in [0.3, 0.4) is 0 Å². The number of amides is 1. The van der Waals surface area contributed by atoms with Crippen LogP contribution in [-0.4, -0.2) is 46.7 Å². The molecule has 0 saturated carbocycles. The molecule has 3 aliphatic rings. The SMILES string of the molecule is Cc1nnc(SC=CC(=O)NC2CN3CCC2CC3)s1. The number of hydrogen-bond donors (Lipinski definition) is 1. The second-order valence-electron chi connectivity index (χ2n) is 5.26. The molecule has 1 aromatic heterocycles. The van der Waals surface area contributed by atoms with Crippen LogP contribution in [0.2, 0.25) is 0 Å². The Bertz CT molecular complexity index is 508. The zero-order chi connectivity index (χ0) is 13.9. The first kappa shape index (κ1) is 14.0. The number of nitrogens with zero attached hydrogens (tertiary/aromatic N) is 3. The molecule has 0 aliphatic carbocycles. The molecule has 108 valence electrons. The number of nitrogens with one attached hydrogen (secondary N) is 1. The number of aryl methyl sites for hydroxylation is 1. The van der Waals surface area contributed by atoms with Crippen molar-refractivity contribution in [2.75, 3.05) is 19.6 Å². The molecule has 3 saturated heterocycles. The quantitative estimate of drug-likeness (QED) is 0.677. The summed E-state index contributed by atoms with van der Waals surface area (Å²) >= 11 is 2.98. The normalized spacial score (nSPS) is 28.9. The van der Waals surface area contributed by atoms with E-state index in [4.69, 9.17) is 0 Å². The number of fused-ring (bicyclic) bond motifs is 3. The fraction of sp³-hybridized carbons (Fsp3) is 0.615. The number of carbonyl (C=O) groups is 1. The highest BCUT2D eigenvalue weighted by Crippen LogP contribution is 2.27. The van der Waals surface area contributed by atoms with Crippen LogP contribution in [-0.2, 0) is 4.79 Å². The summed E-state index contributed by atoms with van der Waals surface area (Å²) in [5, 5.41) is 13.8. The summed E-state index contributed by atoms with van der Waals surface area (Å²) in [5.74, 6) is 0.660. The van der Waals surface area contributed by atoms with E-state index in [2.05, 4.69) is 20.4 Å². The van der Waals surface area contributed by atoms with Gasteiger partial charge in [-0.25, -0.2) is 0 Å². The van der Waals surface area contributed by atoms with Crippen molar-refractivity contribution in [3.05, 3.63) is 16.5 Å². The second-order valence-corrected chi connectivity index (χ2v) is 7.60. The highest BCUT2D eigenvalue weighted by Gasteiger charge is 2.34. The smallest absolute Gasteiger partial charge is 0.244 e. The number of aromatic nitrogens is 2. The first-order chi connectivity index (χ1) is 9.70. The van der Waals surface area contributed by atoms with E-state index in [1.807, 2.05) is 6.92 Å². The monoisotopic (exact) mass is 310 g/mol. The lowest BCUT2D eigenvalue weighted by Gasteiger charge is -2.44. The van der Waals surface area contributed by atoms with Crippen molar-refractivity contribution in [3.8, 4) is 0 Å². The minimum absolute atomic E-state index is 0.00233. The maximum atomic E-state index is 11.9. The van der Waals surface area contributed by atoms with Gasteiger partial charge in [0.15, 0.2) is 4.34 Å². The summed E-state index contributed by atoms with van der Waals surface area (Å²) in [6.07, 6.45) is 4.03. The lowest BCUT2D eigenvalue weighted by atomic mass is 9.84. The Morgan fingerprint density at radius 1 is 1.45 bits per heavy atom. The standard InChI is InChI=1S/C13H18N4OS2/c1-9-15-16-13(20-9)19-7-4-12(18)14-11-8-17-5-2-10(11)3-6-17/h4,7,10-11H,2-3,5-6,8H2,1H3,(H,14,18). The van der Waals surface area contributed by atoms with Crippen LogP contribution in [0.4, 0.5) is 0 Å². The number of rotatable bonds is 4. The molecule has 1 amide bonds. The summed E-state index contributed by atoms with van der Waals surface area (Å²) in [6.45, 7) is 5.32. The fourth-order valence-electron chi connectivity index (χ4n) is 2.84. The zero-order valence-electron chi connectivity index (χ0n) is 11.4. The summed E-state index contributed by atoms with van der Waals surface area (Å²) < 4.78 is 0.870. The molecule has 20 heavy (non-hydrogen) atoms. The molecule has 3 fully saturated rings. The van der Waals surface area contributed by atoms with Crippen LogP contribution in [0.15, 0.2) is 15.8 Å². The van der Waals surface area contributed by atoms with Gasteiger partial charge in [-0.15, -0.1) is 10.2 Å². The first-order valence-electron chi connectivity index (χ1n) is 6.87. The molecule has 5 nitrogen and oxygen atoms in total. The lowest BCUT2D eigenvalue weighted by Crippen LogP contribution is -2.57. The predicted octanol–water partition coefficient (Wildman–Crippen LogP) is 1.66. The van der Waals surface area contributed by atoms with Crippen LogP contribution < -0.4 is 5.32 Å². The van der Waals surface area contributed by atoms with Gasteiger partial charge in [-0.05, 0) is 44.2 Å². The Morgan fingerprint density at radius 3 is 2.85 bits per heavy atom. The van der Waals surface area contributed by atoms with Gasteiger partial charge in [0.05, 0.1) is 0 Å². The summed E-state index contributed by atoms with van der Waals surface area (Å²) in [4.78, 5) is 14.4. The Labute approximate surface area is 126 Å². The topological polar surface area (TPSA) is 58.1 Å². The van der Waals surface area contributed by atoms with Crippen LogP contribution >= 0.6 is 23.1 Å². The number of piperidine rings is 3. The van der Waals surface area contributed by atoms with Crippen LogP contribution in [0.1, 0.15) is 17.8 Å². The molecule has 3 aliphatic heterocycles. The molecule has 1 atom stereocenters. The van der Waals surface area contributed by atoms with Gasteiger partial charge in [-0.2, -0.15) is 0 Å². The van der Waals surface area contributed by atoms with E-state index in [1.165, 1.54) is 49.0 Å². The van der Waals surface area contributed by atoms with E-state index in [0.29, 0.717) is 12.0 Å². The Balaban J connectivity index is 1.47. The summed E-state index contributed by atoms with van der Waals surface area (Å²) in [5.41, 5.74) is 0. The van der Waals surface area contributed by atoms with Gasteiger partial charge in [-0.3, -0.25) is 4.79 Å². The van der Waals surface area contributed by atoms with Crippen molar-refractivity contribution < 1.29 is 4.79 Å². The minimum atomic E-state index is -0.00233. The third kappa shape index (κ3) is 3.39. The number of carbonyl (C=O) groups excluding carboxylic acids is 1. The largest absolute Gasteiger partial charge is 0.348 e. The van der Waals surface area contributed by atoms with Crippen molar-refractivity contribution in [1.29, 1.82) is 0 Å². The van der Waals surface area contributed by atoms with E-state index in [-0.39, 0.29) is 5.91 Å². The van der Waals surface area contributed by atoms with Crippen molar-refractivity contribution >= 4 is 29.0 Å². The van der Waals surface area contributed by atoms with Crippen LogP contribution in [0, 0.1) is 12.8 Å². The van der Waals surface area contributed by atoms with E-state index in [0.717, 1.165) is 15.9 Å². The zero-order valence-corrected chi connectivity index (χ0v) is 13.0. The van der Waals surface area contributed by atoms with E-state index >= 15 is 0 Å². The Hall–Kier alpha value is -0.920. The molecule has 1 aromatic rings. The maximum absolute atomic E-state index is 11.9. The van der Waals surface area contributed by atoms with Gasteiger partial charge < -0.3 is 10.2 Å². The maximum Gasteiger partial charge on any atom is 0.244 e. The molecule has 1 N–H and O–H groups in total. The molecule has 0 aromatic carbocycles. The minimum Gasteiger partial charge on any atom is -0.348 e. The van der Waals surface area contributed by atoms with Crippen molar-refractivity contribution in [3.63, 3.8) is 0 Å². The van der Waals surface area contributed by atoms with Gasteiger partial charge in [0, 0.05) is 18.7 Å². The summed E-state index contributed by atoms with van der Waals surface area (Å²) in [6, 6.07) is 0.323. The van der Waals surface area contributed by atoms with Crippen LogP contribution in [0.25, 0.3) is 0 Å². The van der Waals surface area contributed by atoms with Crippen molar-refractivity contribution in [2.24, 2.45) is 5.92 Å². The average Bonchev–Trinajstić information content (AvgIpc) is 2.86. The highest BCUT2D eigenvalue weighted by molar-refractivity contribution is 8.03. The Kier molecular flexibility index (Phi) is 4.38. The molecule has 2 bridgehead atoms. The average molecular weight is 310 g/mol. The molecule has 7 heteroatoms. The van der Waals surface area contributed by atoms with Crippen LogP contribution in [0.5, 0.6) is 0 Å². The van der Waals surface area contributed by atoms with Gasteiger partial charge in [0.1, 0.15) is 5.01 Å². The van der Waals surface area contributed by atoms with Gasteiger partial charge >= 0.3 is 0 Å². The fourth-order valence-corrected chi connectivity index (χ4v) is 4.37. The third-order valence-corrected chi connectivity index (χ3v) is 5.61. The van der Waals surface area contributed by atoms with Crippen molar-refractivity contribution in [1.82, 2.24) is 20.4 Å². The summed E-state index contributed by atoms with van der Waals surface area (Å²) in [7, 11) is 0. The lowest BCUT2D eigenvalue weighted by molar-refractivity contribution is -0.118. The number of thioether (sulfide) groups is 1. The number of hydrogen-bond acceptors (Lipinski definition) is 6. The molecular formula is C13H18N4OS2. The van der Waals surface area contributed by atoms with Gasteiger partial charge in [-0.1, -0.05) is 23.1 Å². The second kappa shape index (κ2) is 6.24. The molecule has 0 spiro atoms. The molecule has 0 radical (unpaired) electrons. The predicted molar refractivity (Wildman–Crippen MR) is 80.7 cm³/mol. The van der Waals surface area contributed by atoms with E-state index < -0.39 is 0 Å². The van der Waals surface area contributed by atoms with Gasteiger partial charge in [0.25, 0.3) is 0 Å². The van der Waals surface area contributed by atoms with Gasteiger partial charge in [0.2, 0.25) is 5.91 Å². The van der Waals surface area contributed by atoms with Crippen molar-refractivity contribution in [2.45, 2.75) is 30.1 Å². The first-order valence-corrected chi connectivity index (χ1v) is 8.56. The third-order valence-electron chi connectivity index (χ3n) is 3.88. The molecule has 4 heterocycles. The Morgan fingerprint density at radius 2 is 2.25 bits per heavy atom. The molecule has 1 unspecified atom stereocenters. The molecular weight excluding hydrogens is 292 g/mol. The molecule has 4 rings (SSSR count).